The summed E-state index contributed by atoms with van der Waals surface area (Å²) in [5.74, 6) is -0.419. The highest BCUT2D eigenvalue weighted by Crippen LogP contribution is 2.37. The largest absolute Gasteiger partial charge is 0.478 e. The first-order chi connectivity index (χ1) is 17.7. The molecule has 7 heteroatoms. The summed E-state index contributed by atoms with van der Waals surface area (Å²) in [4.78, 5) is 24.5. The van der Waals surface area contributed by atoms with E-state index in [1.807, 2.05) is 41.4 Å². The van der Waals surface area contributed by atoms with Crippen LogP contribution in [0.25, 0.3) is 22.2 Å². The molecule has 1 N–H and O–H groups in total. The molecule has 0 spiro atoms. The lowest BCUT2D eigenvalue weighted by molar-refractivity contribution is 0.0696. The number of carboxylic acid groups (broad SMARTS) is 1. The average molecular weight is 472 g/mol. The molecule has 0 saturated heterocycles. The van der Waals surface area contributed by atoms with Crippen LogP contribution in [-0.4, -0.2) is 31.7 Å². The van der Waals surface area contributed by atoms with E-state index < -0.39 is 5.97 Å². The number of pyridine rings is 1. The maximum absolute atomic E-state index is 11.3. The molecule has 1 unspecified atom stereocenters. The Morgan fingerprint density at radius 1 is 0.778 bits per heavy atom. The minimum atomic E-state index is -1.01. The van der Waals surface area contributed by atoms with Gasteiger partial charge in [-0.1, -0.05) is 60.7 Å². The second-order valence-electron chi connectivity index (χ2n) is 8.57. The molecule has 2 aromatic heterocycles. The molecule has 0 radical (unpaired) electrons. The lowest BCUT2D eigenvalue weighted by atomic mass is 9.96. The quantitative estimate of drug-likeness (QED) is 0.351. The van der Waals surface area contributed by atoms with E-state index >= 15 is 0 Å². The Morgan fingerprint density at radius 3 is 2.22 bits per heavy atom. The van der Waals surface area contributed by atoms with Crippen LogP contribution >= 0.6 is 0 Å². The molecule has 36 heavy (non-hydrogen) atoms. The molecule has 1 atom stereocenters. The minimum Gasteiger partial charge on any atom is -0.478 e. The van der Waals surface area contributed by atoms with Gasteiger partial charge in [-0.15, -0.1) is 0 Å². The van der Waals surface area contributed by atoms with Crippen LogP contribution in [0.1, 0.15) is 33.9 Å². The molecule has 3 heterocycles. The Balaban J connectivity index is 1.38. The number of anilines is 1. The van der Waals surface area contributed by atoms with E-state index in [2.05, 4.69) is 51.4 Å². The van der Waals surface area contributed by atoms with Crippen LogP contribution in [-0.2, 0) is 0 Å². The van der Waals surface area contributed by atoms with Crippen LogP contribution in [0.3, 0.4) is 0 Å². The zero-order valence-electron chi connectivity index (χ0n) is 19.2. The number of rotatable bonds is 5. The average Bonchev–Trinajstić information content (AvgIpc) is 3.39. The van der Waals surface area contributed by atoms with Gasteiger partial charge in [-0.3, -0.25) is 9.97 Å². The Labute approximate surface area is 207 Å². The van der Waals surface area contributed by atoms with Gasteiger partial charge in [0.05, 0.1) is 28.4 Å². The third-order valence-electron chi connectivity index (χ3n) is 6.35. The molecule has 1 aliphatic rings. The number of aromatic nitrogens is 3. The molecule has 0 amide bonds. The van der Waals surface area contributed by atoms with Crippen molar-refractivity contribution in [2.45, 2.75) is 12.5 Å². The van der Waals surface area contributed by atoms with Crippen LogP contribution in [0.2, 0.25) is 0 Å². The van der Waals surface area contributed by atoms with Gasteiger partial charge in [-0.05, 0) is 41.0 Å². The van der Waals surface area contributed by atoms with Crippen molar-refractivity contribution in [3.63, 3.8) is 0 Å². The van der Waals surface area contributed by atoms with E-state index in [0.717, 1.165) is 39.0 Å². The molecule has 3 aromatic carbocycles. The van der Waals surface area contributed by atoms with Crippen LogP contribution in [0.5, 0.6) is 0 Å². The highest BCUT2D eigenvalue weighted by atomic mass is 16.4. The summed E-state index contributed by atoms with van der Waals surface area (Å²) in [5, 5.41) is 16.1. The Morgan fingerprint density at radius 2 is 1.50 bits per heavy atom. The number of fused-ring (bicyclic) bond motifs is 1. The summed E-state index contributed by atoms with van der Waals surface area (Å²) in [6.07, 6.45) is 5.39. The van der Waals surface area contributed by atoms with Gasteiger partial charge >= 0.3 is 5.97 Å². The van der Waals surface area contributed by atoms with E-state index in [9.17, 15) is 9.90 Å². The number of benzene rings is 3. The van der Waals surface area contributed by atoms with Crippen LogP contribution < -0.4 is 5.01 Å². The van der Waals surface area contributed by atoms with Crippen LogP contribution in [0, 0.1) is 0 Å². The number of carboxylic acids is 1. The number of hydrogen-bond acceptors (Lipinski definition) is 6. The van der Waals surface area contributed by atoms with Crippen LogP contribution in [0.15, 0.2) is 109 Å². The Kier molecular flexibility index (Phi) is 5.42. The molecule has 7 nitrogen and oxygen atoms in total. The van der Waals surface area contributed by atoms with E-state index in [-0.39, 0.29) is 11.6 Å². The normalized spacial score (nSPS) is 15.2. The Hall–Kier alpha value is -4.91. The molecule has 6 rings (SSSR count). The first kappa shape index (κ1) is 21.6. The van der Waals surface area contributed by atoms with Gasteiger partial charge in [0.2, 0.25) is 0 Å². The fraction of sp³-hybridized carbons (Fsp3) is 0.0690. The second-order valence-corrected chi connectivity index (χ2v) is 8.57. The highest BCUT2D eigenvalue weighted by molar-refractivity contribution is 6.05. The van der Waals surface area contributed by atoms with Crippen molar-refractivity contribution in [1.29, 1.82) is 0 Å². The highest BCUT2D eigenvalue weighted by Gasteiger charge is 2.31. The fourth-order valence-corrected chi connectivity index (χ4v) is 4.47. The maximum Gasteiger partial charge on any atom is 0.337 e. The van der Waals surface area contributed by atoms with Gasteiger partial charge in [0, 0.05) is 30.6 Å². The van der Waals surface area contributed by atoms with Gasteiger partial charge in [-0.2, -0.15) is 5.10 Å². The van der Waals surface area contributed by atoms with Crippen molar-refractivity contribution in [3.8, 4) is 11.1 Å². The van der Waals surface area contributed by atoms with E-state index in [0.29, 0.717) is 12.2 Å². The summed E-state index contributed by atoms with van der Waals surface area (Å²) in [5.41, 5.74) is 7.05. The molecule has 0 aliphatic carbocycles. The van der Waals surface area contributed by atoms with Gasteiger partial charge in [0.15, 0.2) is 0 Å². The summed E-state index contributed by atoms with van der Waals surface area (Å²) >= 11 is 0. The maximum atomic E-state index is 11.3. The predicted octanol–water partition coefficient (Wildman–Crippen LogP) is 5.75. The summed E-state index contributed by atoms with van der Waals surface area (Å²) in [6.45, 7) is 0. The topological polar surface area (TPSA) is 91.6 Å². The van der Waals surface area contributed by atoms with Gasteiger partial charge < -0.3 is 5.11 Å². The minimum absolute atomic E-state index is 0.0921. The summed E-state index contributed by atoms with van der Waals surface area (Å²) in [6, 6.07) is 27.9. The molecule has 174 valence electrons. The number of carbonyl (C=O) groups is 1. The Bertz CT molecular complexity index is 1580. The second kappa shape index (κ2) is 9.03. The first-order valence-corrected chi connectivity index (χ1v) is 11.6. The van der Waals surface area contributed by atoms with Crippen molar-refractivity contribution < 1.29 is 9.90 Å². The summed E-state index contributed by atoms with van der Waals surface area (Å²) < 4.78 is 0. The SMILES string of the molecule is O=C(O)c1ccc(N2N=C(c3ccc4nccnc4c3)CC2c2ccc(-c3ccccc3)cc2)nc1. The van der Waals surface area contributed by atoms with Gasteiger partial charge in [-0.25, -0.2) is 14.8 Å². The van der Waals surface area contributed by atoms with Crippen molar-refractivity contribution in [2.24, 2.45) is 5.10 Å². The molecular weight excluding hydrogens is 450 g/mol. The zero-order valence-corrected chi connectivity index (χ0v) is 19.2. The standard InChI is InChI=1S/C29H21N5O2/c35-29(36)23-11-13-28(32-18-23)34-27(21-8-6-20(7-9-21)19-4-2-1-3-5-19)17-25(33-34)22-10-12-24-26(16-22)31-15-14-30-24/h1-16,18,27H,17H2,(H,35,36). The molecule has 0 bridgehead atoms. The molecule has 0 saturated carbocycles. The van der Waals surface area contributed by atoms with Crippen molar-refractivity contribution in [2.75, 3.05) is 5.01 Å². The number of hydrazone groups is 1. The third kappa shape index (κ3) is 4.07. The number of hydrogen-bond donors (Lipinski definition) is 1. The van der Waals surface area contributed by atoms with Crippen molar-refractivity contribution >= 4 is 28.5 Å². The monoisotopic (exact) mass is 471 g/mol. The fourth-order valence-electron chi connectivity index (χ4n) is 4.47. The van der Waals surface area contributed by atoms with Gasteiger partial charge in [0.25, 0.3) is 0 Å². The number of aromatic carboxylic acids is 1. The van der Waals surface area contributed by atoms with Gasteiger partial charge in [0.1, 0.15) is 5.82 Å². The molecule has 1 aliphatic heterocycles. The lowest BCUT2D eigenvalue weighted by Gasteiger charge is -2.23. The van der Waals surface area contributed by atoms with Crippen molar-refractivity contribution in [3.05, 3.63) is 120 Å². The van der Waals surface area contributed by atoms with E-state index in [1.165, 1.54) is 6.20 Å². The first-order valence-electron chi connectivity index (χ1n) is 11.6. The lowest BCUT2D eigenvalue weighted by Crippen LogP contribution is -2.19. The van der Waals surface area contributed by atoms with E-state index in [4.69, 9.17) is 5.10 Å². The van der Waals surface area contributed by atoms with E-state index in [1.54, 1.807) is 24.5 Å². The molecule has 5 aromatic rings. The molecule has 0 fully saturated rings. The molecular formula is C29H21N5O2. The number of nitrogens with zero attached hydrogens (tertiary/aromatic N) is 5. The third-order valence-corrected chi connectivity index (χ3v) is 6.35. The van der Waals surface area contributed by atoms with Crippen LogP contribution in [0.4, 0.5) is 5.82 Å². The predicted molar refractivity (Wildman–Crippen MR) is 139 cm³/mol. The van der Waals surface area contributed by atoms with Crippen molar-refractivity contribution in [1.82, 2.24) is 15.0 Å². The zero-order chi connectivity index (χ0) is 24.5. The smallest absolute Gasteiger partial charge is 0.337 e. The summed E-state index contributed by atoms with van der Waals surface area (Å²) in [7, 11) is 0.